The highest BCUT2D eigenvalue weighted by Gasteiger charge is 2.33. The minimum Gasteiger partial charge on any atom is -0.492 e. The van der Waals surface area contributed by atoms with E-state index in [4.69, 9.17) is 37.9 Å². The van der Waals surface area contributed by atoms with Gasteiger partial charge in [0.2, 0.25) is 0 Å². The first kappa shape index (κ1) is 29.1. The minimum atomic E-state index is 0.500. The van der Waals surface area contributed by atoms with E-state index >= 15 is 0 Å². The SMILES string of the molecule is CCSc1c(OC)c(OC)c(Sc2c(OC)c(OC)c(SCC)c(OC)c2OC)c(OC)c1OC. The van der Waals surface area contributed by atoms with Gasteiger partial charge in [0.1, 0.15) is 9.79 Å². The van der Waals surface area contributed by atoms with Crippen LogP contribution < -0.4 is 37.9 Å². The molecule has 0 radical (unpaired) electrons. The lowest BCUT2D eigenvalue weighted by Crippen LogP contribution is -2.04. The van der Waals surface area contributed by atoms with Crippen LogP contribution in [0.25, 0.3) is 0 Å². The molecule has 0 atom stereocenters. The minimum absolute atomic E-state index is 0.500. The number of benzene rings is 2. The molecule has 0 unspecified atom stereocenters. The van der Waals surface area contributed by atoms with Crippen molar-refractivity contribution in [3.63, 3.8) is 0 Å². The van der Waals surface area contributed by atoms with E-state index < -0.39 is 0 Å². The van der Waals surface area contributed by atoms with Gasteiger partial charge in [-0.2, -0.15) is 0 Å². The summed E-state index contributed by atoms with van der Waals surface area (Å²) in [4.78, 5) is 2.83. The molecule has 2 aromatic carbocycles. The molecule has 11 heteroatoms. The van der Waals surface area contributed by atoms with E-state index in [0.29, 0.717) is 55.8 Å². The summed E-state index contributed by atoms with van der Waals surface area (Å²) in [5, 5.41) is 0. The summed E-state index contributed by atoms with van der Waals surface area (Å²) in [7, 11) is 12.7. The first-order valence-electron chi connectivity index (χ1n) is 10.7. The Morgan fingerprint density at radius 1 is 0.371 bits per heavy atom. The molecule has 0 aliphatic carbocycles. The van der Waals surface area contributed by atoms with Crippen molar-refractivity contribution in [3.05, 3.63) is 0 Å². The van der Waals surface area contributed by atoms with E-state index in [0.717, 1.165) is 21.3 Å². The Bertz CT molecular complexity index is 868. The predicted molar refractivity (Wildman–Crippen MR) is 142 cm³/mol. The summed E-state index contributed by atoms with van der Waals surface area (Å²) >= 11 is 4.48. The lowest BCUT2D eigenvalue weighted by Gasteiger charge is -2.25. The molecule has 0 aliphatic rings. The monoisotopic (exact) mass is 546 g/mol. The Morgan fingerprint density at radius 2 is 0.571 bits per heavy atom. The van der Waals surface area contributed by atoms with Crippen molar-refractivity contribution < 1.29 is 37.9 Å². The van der Waals surface area contributed by atoms with Gasteiger partial charge in [0, 0.05) is 0 Å². The Balaban J connectivity index is 3.00. The van der Waals surface area contributed by atoms with Gasteiger partial charge in [0.25, 0.3) is 0 Å². The van der Waals surface area contributed by atoms with Crippen molar-refractivity contribution in [3.8, 4) is 46.0 Å². The second-order valence-corrected chi connectivity index (χ2v) is 10.1. The Labute approximate surface area is 220 Å². The van der Waals surface area contributed by atoms with Crippen molar-refractivity contribution in [2.45, 2.75) is 33.4 Å². The van der Waals surface area contributed by atoms with E-state index in [9.17, 15) is 0 Å². The van der Waals surface area contributed by atoms with Crippen LogP contribution in [-0.2, 0) is 0 Å². The fraction of sp³-hybridized carbons (Fsp3) is 0.500. The molecule has 0 spiro atoms. The van der Waals surface area contributed by atoms with Crippen LogP contribution in [0.2, 0.25) is 0 Å². The summed E-state index contributed by atoms with van der Waals surface area (Å²) in [6.07, 6.45) is 0. The van der Waals surface area contributed by atoms with Crippen LogP contribution in [0.1, 0.15) is 13.8 Å². The van der Waals surface area contributed by atoms with Crippen LogP contribution in [0.5, 0.6) is 46.0 Å². The Hall–Kier alpha value is -2.11. The molecule has 2 aromatic rings. The zero-order valence-electron chi connectivity index (χ0n) is 21.9. The van der Waals surface area contributed by atoms with Crippen molar-refractivity contribution >= 4 is 35.3 Å². The summed E-state index contributed by atoms with van der Waals surface area (Å²) in [6.45, 7) is 4.10. The molecule has 0 aliphatic heterocycles. The second-order valence-electron chi connectivity index (χ2n) is 6.55. The maximum absolute atomic E-state index is 5.85. The maximum atomic E-state index is 5.85. The van der Waals surface area contributed by atoms with Gasteiger partial charge in [0.05, 0.1) is 66.7 Å². The third-order valence-electron chi connectivity index (χ3n) is 4.89. The fourth-order valence-electron chi connectivity index (χ4n) is 3.56. The summed E-state index contributed by atoms with van der Waals surface area (Å²) < 4.78 is 46.5. The predicted octanol–water partition coefficient (Wildman–Crippen LogP) is 6.13. The molecule has 8 nitrogen and oxygen atoms in total. The molecular weight excluding hydrogens is 512 g/mol. The van der Waals surface area contributed by atoms with Crippen LogP contribution in [0.4, 0.5) is 0 Å². The largest absolute Gasteiger partial charge is 0.492 e. The van der Waals surface area contributed by atoms with Crippen LogP contribution in [0.3, 0.4) is 0 Å². The smallest absolute Gasteiger partial charge is 0.179 e. The molecule has 0 bridgehead atoms. The van der Waals surface area contributed by atoms with Gasteiger partial charge in [-0.25, -0.2) is 0 Å². The lowest BCUT2D eigenvalue weighted by atomic mass is 10.2. The number of rotatable bonds is 14. The summed E-state index contributed by atoms with van der Waals surface area (Å²) in [6, 6.07) is 0. The number of thioether (sulfide) groups is 2. The Morgan fingerprint density at radius 3 is 0.743 bits per heavy atom. The molecule has 0 fully saturated rings. The Kier molecular flexibility index (Phi) is 11.5. The van der Waals surface area contributed by atoms with Gasteiger partial charge in [-0.05, 0) is 11.5 Å². The van der Waals surface area contributed by atoms with Crippen molar-refractivity contribution in [2.24, 2.45) is 0 Å². The van der Waals surface area contributed by atoms with Crippen molar-refractivity contribution in [2.75, 3.05) is 68.4 Å². The van der Waals surface area contributed by atoms with Gasteiger partial charge in [0.15, 0.2) is 46.0 Å². The standard InChI is InChI=1S/C24H34O8S3/c1-11-33-21-13(25-3)17(29-7)23(18(30-8)14(21)26-4)35-24-19(31-9)15(27-5)22(34-12-2)16(28-6)20(24)32-10/h11-12H2,1-10H3. The average molecular weight is 547 g/mol. The molecule has 0 heterocycles. The zero-order chi connectivity index (χ0) is 26.1. The summed E-state index contributed by atoms with van der Waals surface area (Å²) in [5.74, 6) is 5.81. The second kappa shape index (κ2) is 13.8. The normalized spacial score (nSPS) is 10.6. The molecule has 0 saturated heterocycles. The van der Waals surface area contributed by atoms with Crippen molar-refractivity contribution in [1.29, 1.82) is 0 Å². The quantitative estimate of drug-likeness (QED) is 0.257. The third-order valence-corrected chi connectivity index (χ3v) is 7.94. The van der Waals surface area contributed by atoms with Gasteiger partial charge in [-0.3, -0.25) is 0 Å². The first-order chi connectivity index (χ1) is 17.0. The average Bonchev–Trinajstić information content (AvgIpc) is 2.88. The molecule has 196 valence electrons. The highest BCUT2D eigenvalue weighted by Crippen LogP contribution is 2.62. The topological polar surface area (TPSA) is 73.8 Å². The zero-order valence-corrected chi connectivity index (χ0v) is 24.4. The van der Waals surface area contributed by atoms with Gasteiger partial charge in [-0.1, -0.05) is 25.6 Å². The number of ether oxygens (including phenoxy) is 8. The van der Waals surface area contributed by atoms with Crippen LogP contribution in [0.15, 0.2) is 19.6 Å². The van der Waals surface area contributed by atoms with E-state index in [-0.39, 0.29) is 0 Å². The number of methoxy groups -OCH3 is 8. The van der Waals surface area contributed by atoms with E-state index in [1.165, 1.54) is 11.8 Å². The lowest BCUT2D eigenvalue weighted by molar-refractivity contribution is 0.302. The van der Waals surface area contributed by atoms with Crippen molar-refractivity contribution in [1.82, 2.24) is 0 Å². The molecule has 0 amide bonds. The van der Waals surface area contributed by atoms with Gasteiger partial charge in [-0.15, -0.1) is 23.5 Å². The fourth-order valence-corrected chi connectivity index (χ4v) is 6.64. The van der Waals surface area contributed by atoms with Crippen LogP contribution in [-0.4, -0.2) is 68.4 Å². The first-order valence-corrected chi connectivity index (χ1v) is 13.5. The third kappa shape index (κ3) is 5.51. The highest BCUT2D eigenvalue weighted by molar-refractivity contribution is 8.00. The summed E-state index contributed by atoms with van der Waals surface area (Å²) in [5.41, 5.74) is 0. The van der Waals surface area contributed by atoms with Gasteiger partial charge < -0.3 is 37.9 Å². The molecular formula is C24H34O8S3. The van der Waals surface area contributed by atoms with Crippen LogP contribution >= 0.6 is 35.3 Å². The highest BCUT2D eigenvalue weighted by atomic mass is 32.2. The van der Waals surface area contributed by atoms with Crippen LogP contribution in [0, 0.1) is 0 Å². The molecule has 35 heavy (non-hydrogen) atoms. The number of hydrogen-bond donors (Lipinski definition) is 0. The maximum Gasteiger partial charge on any atom is 0.179 e. The molecule has 0 aromatic heterocycles. The van der Waals surface area contributed by atoms with E-state index in [1.54, 1.807) is 80.4 Å². The molecule has 0 saturated carbocycles. The molecule has 2 rings (SSSR count). The molecule has 0 N–H and O–H groups in total. The number of hydrogen-bond acceptors (Lipinski definition) is 11. The van der Waals surface area contributed by atoms with E-state index in [1.807, 2.05) is 0 Å². The van der Waals surface area contributed by atoms with Gasteiger partial charge >= 0.3 is 0 Å². The van der Waals surface area contributed by atoms with E-state index in [2.05, 4.69) is 13.8 Å².